The number of carbonyl (C=O) groups is 2. The summed E-state index contributed by atoms with van der Waals surface area (Å²) >= 11 is 0. The highest BCUT2D eigenvalue weighted by Crippen LogP contribution is 2.65. The Kier molecular flexibility index (Phi) is 9.27. The molecular weight excluding hydrogens is 640 g/mol. The number of piperazine rings is 1. The number of allylic oxidation sites excluding steroid dienone is 1. The number of nitrogens with zero attached hydrogens (tertiary/aromatic N) is 6. The predicted molar refractivity (Wildman–Crippen MR) is 187 cm³/mol. The van der Waals surface area contributed by atoms with Crippen LogP contribution in [0.5, 0.6) is 0 Å². The van der Waals surface area contributed by atoms with Crippen LogP contribution in [0, 0.1) is 22.7 Å². The number of esters is 1. The van der Waals surface area contributed by atoms with Gasteiger partial charge in [-0.15, -0.1) is 0 Å². The molecule has 4 aliphatic heterocycles. The summed E-state index contributed by atoms with van der Waals surface area (Å²) in [5, 5.41) is 28.2. The number of anilines is 1. The van der Waals surface area contributed by atoms with E-state index < -0.39 is 29.1 Å². The number of aromatic nitrogens is 2. The topological polar surface area (TPSA) is 177 Å². The standard InChI is InChI=1S/C36H48N8O6/c1-22(30(47)42-32-37-9-10-38-32)41-28-17-27-34(2,8-7-29(46)35(27,3)20-45)26(36(28)21-49-36)6-5-24-16-25(50-31(24)48)15-23-18-39-33(40-19-23)44-13-11-43(4)12-14-44/h5-6,9,15-16,18-19,22,26-29,41,45-46H,7-8,10-14,17,20-21H2,1-4H3,(H,38,42,47)/b6-5+,25-15+/t22?,26?,27?,28?,29-,34-,35+,36?/m1/s1. The first kappa shape index (κ1) is 34.6. The number of hydrogen-bond acceptors (Lipinski definition) is 13. The van der Waals surface area contributed by atoms with Gasteiger partial charge in [-0.05, 0) is 56.7 Å². The number of guanidine groups is 1. The Morgan fingerprint density at radius 1 is 1.20 bits per heavy atom. The number of likely N-dealkylation sites (N-methyl/N-ethyl adjacent to an activating group) is 1. The van der Waals surface area contributed by atoms with E-state index in [1.807, 2.05) is 19.1 Å². The van der Waals surface area contributed by atoms with E-state index in [1.54, 1.807) is 37.7 Å². The molecule has 1 aromatic heterocycles. The molecule has 4 N–H and O–H groups in total. The van der Waals surface area contributed by atoms with Gasteiger partial charge in [0.05, 0.1) is 37.5 Å². The number of amides is 1. The minimum atomic E-state index is -0.766. The SMILES string of the molecule is CC(NC1CC2[C@](C)(CC[C@@H](O)[C@@]2(C)CO)C(/C=C/C2=CC(=C\c3cnc(N4CCN(C)CC4)nc3)/OC2=O)C12CO2)C(=O)NC1=NCC=N1. The second kappa shape index (κ2) is 13.4. The van der Waals surface area contributed by atoms with Crippen molar-refractivity contribution < 1.29 is 29.3 Å². The highest BCUT2D eigenvalue weighted by atomic mass is 16.6. The molecule has 1 amide bonds. The number of nitrogens with one attached hydrogen (secondary N) is 2. The van der Waals surface area contributed by atoms with Gasteiger partial charge in [0, 0.05) is 67.7 Å². The zero-order valence-electron chi connectivity index (χ0n) is 29.2. The zero-order valence-corrected chi connectivity index (χ0v) is 29.2. The Morgan fingerprint density at radius 3 is 2.60 bits per heavy atom. The van der Waals surface area contributed by atoms with Gasteiger partial charge in [-0.1, -0.05) is 26.0 Å². The third-order valence-corrected chi connectivity index (χ3v) is 12.0. The van der Waals surface area contributed by atoms with Gasteiger partial charge in [-0.2, -0.15) is 0 Å². The van der Waals surface area contributed by atoms with Crippen LogP contribution in [0.3, 0.4) is 0 Å². The van der Waals surface area contributed by atoms with E-state index in [9.17, 15) is 19.8 Å². The monoisotopic (exact) mass is 688 g/mol. The summed E-state index contributed by atoms with van der Waals surface area (Å²) in [4.78, 5) is 48.0. The number of cyclic esters (lactones) is 1. The summed E-state index contributed by atoms with van der Waals surface area (Å²) in [7, 11) is 2.10. The Morgan fingerprint density at radius 2 is 1.94 bits per heavy atom. The molecule has 0 aromatic carbocycles. The lowest BCUT2D eigenvalue weighted by molar-refractivity contribution is -0.174. The second-order valence-electron chi connectivity index (χ2n) is 15.1. The minimum absolute atomic E-state index is 0.112. The van der Waals surface area contributed by atoms with Crippen LogP contribution >= 0.6 is 0 Å². The maximum Gasteiger partial charge on any atom is 0.343 e. The summed E-state index contributed by atoms with van der Waals surface area (Å²) in [6.45, 7) is 10.4. The Balaban J connectivity index is 1.13. The molecule has 268 valence electrons. The molecule has 14 heteroatoms. The number of epoxide rings is 1. The number of aliphatic hydroxyl groups excluding tert-OH is 2. The number of aliphatic hydroxyl groups is 2. The fraction of sp³-hybridized carbons (Fsp3) is 0.611. The molecule has 5 heterocycles. The highest BCUT2D eigenvalue weighted by Gasteiger charge is 2.70. The van der Waals surface area contributed by atoms with Crippen LogP contribution in [0.15, 0.2) is 51.9 Å². The van der Waals surface area contributed by atoms with Crippen molar-refractivity contribution >= 4 is 36.1 Å². The number of ether oxygens (including phenoxy) is 2. The van der Waals surface area contributed by atoms with Crippen molar-refractivity contribution in [1.82, 2.24) is 25.5 Å². The molecule has 14 nitrogen and oxygen atoms in total. The molecule has 0 bridgehead atoms. The number of aliphatic imine (C=N–C) groups is 2. The fourth-order valence-electron chi connectivity index (χ4n) is 8.83. The lowest BCUT2D eigenvalue weighted by atomic mass is 9.44. The smallest absolute Gasteiger partial charge is 0.343 e. The Hall–Kier alpha value is -3.82. The van der Waals surface area contributed by atoms with Crippen molar-refractivity contribution in [3.63, 3.8) is 0 Å². The molecule has 2 aliphatic carbocycles. The summed E-state index contributed by atoms with van der Waals surface area (Å²) < 4.78 is 12.0. The predicted octanol–water partition coefficient (Wildman–Crippen LogP) is 1.08. The summed E-state index contributed by atoms with van der Waals surface area (Å²) in [6.07, 6.45) is 13.6. The fourth-order valence-corrected chi connectivity index (χ4v) is 8.83. The molecule has 0 radical (unpaired) electrons. The largest absolute Gasteiger partial charge is 0.423 e. The van der Waals surface area contributed by atoms with Crippen LogP contribution in [0.1, 0.15) is 45.6 Å². The maximum atomic E-state index is 13.1. The molecule has 1 aromatic rings. The van der Waals surface area contributed by atoms with E-state index in [1.165, 1.54) is 0 Å². The molecule has 2 saturated carbocycles. The second-order valence-corrected chi connectivity index (χ2v) is 15.1. The first-order valence-electron chi connectivity index (χ1n) is 17.6. The van der Waals surface area contributed by atoms with E-state index in [-0.39, 0.29) is 35.8 Å². The van der Waals surface area contributed by atoms with E-state index in [0.717, 1.165) is 31.7 Å². The van der Waals surface area contributed by atoms with Gasteiger partial charge in [0.15, 0.2) is 0 Å². The molecule has 8 atom stereocenters. The maximum absolute atomic E-state index is 13.1. The van der Waals surface area contributed by atoms with Crippen molar-refractivity contribution in [2.75, 3.05) is 57.9 Å². The van der Waals surface area contributed by atoms with Crippen molar-refractivity contribution in [1.29, 1.82) is 0 Å². The molecular formula is C36H48N8O6. The molecule has 6 aliphatic rings. The van der Waals surface area contributed by atoms with E-state index >= 15 is 0 Å². The van der Waals surface area contributed by atoms with E-state index in [0.29, 0.717) is 55.7 Å². The number of hydrogen-bond donors (Lipinski definition) is 4. The average Bonchev–Trinajstić information content (AvgIpc) is 3.56. The molecule has 5 unspecified atom stereocenters. The van der Waals surface area contributed by atoms with Gasteiger partial charge in [0.1, 0.15) is 11.4 Å². The molecule has 2 saturated heterocycles. The van der Waals surface area contributed by atoms with Crippen LogP contribution < -0.4 is 15.5 Å². The highest BCUT2D eigenvalue weighted by molar-refractivity contribution is 6.04. The van der Waals surface area contributed by atoms with Crippen LogP contribution in [0.4, 0.5) is 5.95 Å². The summed E-state index contributed by atoms with van der Waals surface area (Å²) in [5.74, 6) is 0.361. The van der Waals surface area contributed by atoms with Crippen molar-refractivity contribution in [2.45, 2.75) is 63.8 Å². The minimum Gasteiger partial charge on any atom is -0.423 e. The Bertz CT molecular complexity index is 1650. The Labute approximate surface area is 292 Å². The zero-order chi connectivity index (χ0) is 35.3. The lowest BCUT2D eigenvalue weighted by Gasteiger charge is -2.62. The van der Waals surface area contributed by atoms with Gasteiger partial charge in [-0.25, -0.2) is 24.7 Å². The van der Waals surface area contributed by atoms with Crippen LogP contribution in [0.2, 0.25) is 0 Å². The average molecular weight is 689 g/mol. The molecule has 7 rings (SSSR count). The third-order valence-electron chi connectivity index (χ3n) is 12.0. The molecule has 50 heavy (non-hydrogen) atoms. The van der Waals surface area contributed by atoms with E-state index in [4.69, 9.17) is 9.47 Å². The van der Waals surface area contributed by atoms with Gasteiger partial charge in [-0.3, -0.25) is 10.1 Å². The molecule has 4 fully saturated rings. The third kappa shape index (κ3) is 6.32. The van der Waals surface area contributed by atoms with Gasteiger partial charge in [0.25, 0.3) is 0 Å². The van der Waals surface area contributed by atoms with Crippen molar-refractivity contribution in [3.05, 3.63) is 47.5 Å². The molecule has 1 spiro atoms. The van der Waals surface area contributed by atoms with Gasteiger partial charge in [0.2, 0.25) is 17.8 Å². The lowest BCUT2D eigenvalue weighted by Crippen LogP contribution is -2.67. The first-order chi connectivity index (χ1) is 23.9. The van der Waals surface area contributed by atoms with Crippen LogP contribution in [0.25, 0.3) is 6.08 Å². The van der Waals surface area contributed by atoms with Crippen LogP contribution in [-0.2, 0) is 19.1 Å². The number of rotatable bonds is 8. The number of carbonyl (C=O) groups excluding carboxylic acids is 2. The van der Waals surface area contributed by atoms with E-state index in [2.05, 4.69) is 54.4 Å². The van der Waals surface area contributed by atoms with Crippen molar-refractivity contribution in [3.8, 4) is 0 Å². The van der Waals surface area contributed by atoms with Gasteiger partial charge < -0.3 is 34.8 Å². The quantitative estimate of drug-likeness (QED) is 0.227. The summed E-state index contributed by atoms with van der Waals surface area (Å²) in [5.41, 5.74) is -0.641. The van der Waals surface area contributed by atoms with Crippen LogP contribution in [-0.4, -0.2) is 126 Å². The normalized spacial score (nSPS) is 36.8. The van der Waals surface area contributed by atoms with Crippen molar-refractivity contribution in [2.24, 2.45) is 32.7 Å². The first-order valence-corrected chi connectivity index (χ1v) is 17.6. The van der Waals surface area contributed by atoms with Gasteiger partial charge >= 0.3 is 5.97 Å². The number of fused-ring (bicyclic) bond motifs is 1. The summed E-state index contributed by atoms with van der Waals surface area (Å²) in [6, 6.07) is -0.864.